The molecule has 4 aromatic rings. The van der Waals surface area contributed by atoms with Crippen LogP contribution in [0.15, 0.2) is 65.7 Å². The standard InChI is InChI=1S/C26H28N6O3S/c1-17-10-12-21(13-11-17)36(34,35)32-15-14-22-23(27-19-7-5-8-19)29-26(30-24(22)32)28-20-9-4-6-18(16-20)25(33)31(2)3/h4,6,9-16,19H,5,7-8H2,1-3H3,(H2,27,28,29,30). The summed E-state index contributed by atoms with van der Waals surface area (Å²) >= 11 is 0. The molecule has 0 saturated heterocycles. The van der Waals surface area contributed by atoms with Gasteiger partial charge in [-0.25, -0.2) is 12.4 Å². The average molecular weight is 505 g/mol. The van der Waals surface area contributed by atoms with Crippen LogP contribution < -0.4 is 10.6 Å². The zero-order valence-corrected chi connectivity index (χ0v) is 21.2. The first-order chi connectivity index (χ1) is 17.2. The maximum absolute atomic E-state index is 13.5. The number of rotatable bonds is 7. The molecule has 186 valence electrons. The number of hydrogen-bond donors (Lipinski definition) is 2. The third-order valence-corrected chi connectivity index (χ3v) is 7.99. The van der Waals surface area contributed by atoms with Gasteiger partial charge in [-0.2, -0.15) is 9.97 Å². The fourth-order valence-electron chi connectivity index (χ4n) is 4.04. The first-order valence-corrected chi connectivity index (χ1v) is 13.2. The predicted octanol–water partition coefficient (Wildman–Crippen LogP) is 4.39. The van der Waals surface area contributed by atoms with Gasteiger partial charge in [0.25, 0.3) is 15.9 Å². The van der Waals surface area contributed by atoms with E-state index in [4.69, 9.17) is 0 Å². The van der Waals surface area contributed by atoms with Crippen LogP contribution >= 0.6 is 0 Å². The van der Waals surface area contributed by atoms with Gasteiger partial charge in [0.05, 0.1) is 10.3 Å². The number of carbonyl (C=O) groups excluding carboxylic acids is 1. The zero-order chi connectivity index (χ0) is 25.4. The largest absolute Gasteiger partial charge is 0.367 e. The quantitative estimate of drug-likeness (QED) is 0.384. The van der Waals surface area contributed by atoms with Gasteiger partial charge >= 0.3 is 0 Å². The summed E-state index contributed by atoms with van der Waals surface area (Å²) in [6, 6.07) is 15.8. The van der Waals surface area contributed by atoms with Crippen molar-refractivity contribution in [2.75, 3.05) is 24.7 Å². The Labute approximate surface area is 210 Å². The van der Waals surface area contributed by atoms with Crippen molar-refractivity contribution in [3.63, 3.8) is 0 Å². The van der Waals surface area contributed by atoms with E-state index in [0.717, 1.165) is 24.8 Å². The van der Waals surface area contributed by atoms with Gasteiger partial charge in [-0.05, 0) is 62.6 Å². The van der Waals surface area contributed by atoms with Crippen molar-refractivity contribution in [2.24, 2.45) is 0 Å². The number of nitrogens with one attached hydrogen (secondary N) is 2. The second kappa shape index (κ2) is 9.27. The molecule has 2 aromatic carbocycles. The number of nitrogens with zero attached hydrogens (tertiary/aromatic N) is 4. The summed E-state index contributed by atoms with van der Waals surface area (Å²) in [5.41, 5.74) is 2.39. The monoisotopic (exact) mass is 504 g/mol. The summed E-state index contributed by atoms with van der Waals surface area (Å²) in [5, 5.41) is 7.22. The van der Waals surface area contributed by atoms with E-state index >= 15 is 0 Å². The SMILES string of the molecule is Cc1ccc(S(=O)(=O)n2ccc3c(NC4CCC4)nc(Nc4cccc(C(=O)N(C)C)c4)nc32)cc1. The molecule has 1 saturated carbocycles. The van der Waals surface area contributed by atoms with E-state index in [0.29, 0.717) is 22.5 Å². The lowest BCUT2D eigenvalue weighted by Crippen LogP contribution is -2.27. The number of benzene rings is 2. The molecule has 1 fully saturated rings. The van der Waals surface area contributed by atoms with E-state index in [1.54, 1.807) is 68.7 Å². The van der Waals surface area contributed by atoms with E-state index in [1.165, 1.54) is 15.1 Å². The van der Waals surface area contributed by atoms with Crippen molar-refractivity contribution < 1.29 is 13.2 Å². The predicted molar refractivity (Wildman–Crippen MR) is 140 cm³/mol. The van der Waals surface area contributed by atoms with Crippen LogP contribution in [0.5, 0.6) is 0 Å². The number of amides is 1. The number of hydrogen-bond acceptors (Lipinski definition) is 7. The molecule has 0 bridgehead atoms. The van der Waals surface area contributed by atoms with E-state index < -0.39 is 10.0 Å². The fraction of sp³-hybridized carbons (Fsp3) is 0.269. The molecule has 5 rings (SSSR count). The van der Waals surface area contributed by atoms with Crippen LogP contribution in [0, 0.1) is 6.92 Å². The second-order valence-corrected chi connectivity index (χ2v) is 11.1. The third-order valence-electron chi connectivity index (χ3n) is 6.31. The van der Waals surface area contributed by atoms with E-state index in [9.17, 15) is 13.2 Å². The molecule has 9 nitrogen and oxygen atoms in total. The highest BCUT2D eigenvalue weighted by Crippen LogP contribution is 2.31. The number of carbonyl (C=O) groups is 1. The van der Waals surface area contributed by atoms with Crippen LogP contribution in [0.3, 0.4) is 0 Å². The average Bonchev–Trinajstić information content (AvgIpc) is 3.26. The van der Waals surface area contributed by atoms with Gasteiger partial charge in [-0.3, -0.25) is 4.79 Å². The van der Waals surface area contributed by atoms with Gasteiger partial charge in [0.1, 0.15) is 5.82 Å². The number of aromatic nitrogens is 3. The van der Waals surface area contributed by atoms with Gasteiger partial charge in [-0.15, -0.1) is 0 Å². The van der Waals surface area contributed by atoms with Gasteiger partial charge in [0.2, 0.25) is 5.95 Å². The topological polar surface area (TPSA) is 109 Å². The third kappa shape index (κ3) is 4.51. The Morgan fingerprint density at radius 2 is 1.81 bits per heavy atom. The molecule has 2 N–H and O–H groups in total. The Balaban J connectivity index is 1.58. The molecule has 2 heterocycles. The molecule has 0 spiro atoms. The normalized spacial score (nSPS) is 13.9. The number of aryl methyl sites for hydroxylation is 1. The van der Waals surface area contributed by atoms with Gasteiger partial charge in [0, 0.05) is 37.6 Å². The molecule has 1 amide bonds. The molecule has 36 heavy (non-hydrogen) atoms. The number of anilines is 3. The molecule has 1 aliphatic rings. The van der Waals surface area contributed by atoms with E-state index in [2.05, 4.69) is 20.6 Å². The molecule has 10 heteroatoms. The minimum Gasteiger partial charge on any atom is -0.367 e. The van der Waals surface area contributed by atoms with Crippen LogP contribution in [-0.4, -0.2) is 53.3 Å². The molecule has 2 aromatic heterocycles. The zero-order valence-electron chi connectivity index (χ0n) is 20.4. The molecule has 0 atom stereocenters. The van der Waals surface area contributed by atoms with Crippen LogP contribution in [0.1, 0.15) is 35.2 Å². The van der Waals surface area contributed by atoms with Gasteiger partial charge < -0.3 is 15.5 Å². The molecule has 1 aliphatic carbocycles. The summed E-state index contributed by atoms with van der Waals surface area (Å²) in [6.07, 6.45) is 4.73. The summed E-state index contributed by atoms with van der Waals surface area (Å²) in [5.74, 6) is 0.684. The van der Waals surface area contributed by atoms with Gasteiger partial charge in [-0.1, -0.05) is 23.8 Å². The Morgan fingerprint density at radius 1 is 1.06 bits per heavy atom. The minimum absolute atomic E-state index is 0.125. The Kier molecular flexibility index (Phi) is 6.13. The van der Waals surface area contributed by atoms with Crippen molar-refractivity contribution in [1.82, 2.24) is 18.8 Å². The van der Waals surface area contributed by atoms with E-state index in [1.807, 2.05) is 6.92 Å². The van der Waals surface area contributed by atoms with Crippen LogP contribution in [0.25, 0.3) is 11.0 Å². The Hall–Kier alpha value is -3.92. The highest BCUT2D eigenvalue weighted by atomic mass is 32.2. The highest BCUT2D eigenvalue weighted by Gasteiger charge is 2.24. The Bertz CT molecular complexity index is 1540. The fourth-order valence-corrected chi connectivity index (χ4v) is 5.33. The molecular formula is C26H28N6O3S. The molecule has 0 unspecified atom stereocenters. The van der Waals surface area contributed by atoms with Crippen molar-refractivity contribution in [2.45, 2.75) is 37.1 Å². The van der Waals surface area contributed by atoms with Crippen LogP contribution in [-0.2, 0) is 10.0 Å². The second-order valence-electron chi connectivity index (χ2n) is 9.24. The highest BCUT2D eigenvalue weighted by molar-refractivity contribution is 7.90. The first-order valence-electron chi connectivity index (χ1n) is 11.8. The summed E-state index contributed by atoms with van der Waals surface area (Å²) in [6.45, 7) is 1.91. The summed E-state index contributed by atoms with van der Waals surface area (Å²) < 4.78 is 28.2. The van der Waals surface area contributed by atoms with Crippen LogP contribution in [0.4, 0.5) is 17.5 Å². The van der Waals surface area contributed by atoms with Crippen molar-refractivity contribution in [3.8, 4) is 0 Å². The van der Waals surface area contributed by atoms with Crippen molar-refractivity contribution in [3.05, 3.63) is 71.9 Å². The lowest BCUT2D eigenvalue weighted by Gasteiger charge is -2.27. The lowest BCUT2D eigenvalue weighted by molar-refractivity contribution is 0.0827. The summed E-state index contributed by atoms with van der Waals surface area (Å²) in [4.78, 5) is 23.3. The molecule has 0 aliphatic heterocycles. The maximum Gasteiger partial charge on any atom is 0.269 e. The lowest BCUT2D eigenvalue weighted by atomic mass is 9.93. The Morgan fingerprint density at radius 3 is 2.47 bits per heavy atom. The van der Waals surface area contributed by atoms with E-state index in [-0.39, 0.29) is 28.4 Å². The molecule has 0 radical (unpaired) electrons. The van der Waals surface area contributed by atoms with Crippen molar-refractivity contribution >= 4 is 44.4 Å². The van der Waals surface area contributed by atoms with Crippen molar-refractivity contribution in [1.29, 1.82) is 0 Å². The summed E-state index contributed by atoms with van der Waals surface area (Å²) in [7, 11) is -0.482. The first kappa shape index (κ1) is 23.8. The smallest absolute Gasteiger partial charge is 0.269 e. The van der Waals surface area contributed by atoms with Gasteiger partial charge in [0.15, 0.2) is 5.65 Å². The minimum atomic E-state index is -3.87. The maximum atomic E-state index is 13.5. The number of fused-ring (bicyclic) bond motifs is 1. The van der Waals surface area contributed by atoms with Crippen LogP contribution in [0.2, 0.25) is 0 Å². The molecular weight excluding hydrogens is 476 g/mol.